The molecule has 36 heteroatoms. The van der Waals surface area contributed by atoms with E-state index in [1.807, 2.05) is 85.5 Å². The summed E-state index contributed by atoms with van der Waals surface area (Å²) in [6, 6.07) is 3.81. The number of hydrogen-bond donors (Lipinski definition) is 13. The van der Waals surface area contributed by atoms with Gasteiger partial charge in [0, 0.05) is 121 Å². The molecule has 1 aromatic carbocycles. The molecule has 34 nitrogen and oxygen atoms in total. The summed E-state index contributed by atoms with van der Waals surface area (Å²) in [4.78, 5) is 150. The molecule has 10 rings (SSSR count). The third-order valence-corrected chi connectivity index (χ3v) is 24.1. The molecule has 587 valence electrons. The number of aryl methyl sites for hydroxylation is 2. The second kappa shape index (κ2) is 32.3. The van der Waals surface area contributed by atoms with Crippen molar-refractivity contribution in [2.24, 2.45) is 94.7 Å². The van der Waals surface area contributed by atoms with E-state index in [1.165, 1.54) is 19.4 Å². The maximum atomic E-state index is 14.4. The quantitative estimate of drug-likeness (QED) is 0.0383. The van der Waals surface area contributed by atoms with Crippen LogP contribution in [0.15, 0.2) is 89.6 Å². The van der Waals surface area contributed by atoms with Crippen molar-refractivity contribution >= 4 is 77.3 Å². The maximum absolute atomic E-state index is 14.4. The van der Waals surface area contributed by atoms with Crippen LogP contribution in [0.25, 0.3) is 16.4 Å². The average Bonchev–Trinajstić information content (AvgIpc) is 1.53. The molecular weight excluding hydrogens is 1460 g/mol. The van der Waals surface area contributed by atoms with Crippen molar-refractivity contribution in [3.05, 3.63) is 109 Å². The molecule has 9 heterocycles. The van der Waals surface area contributed by atoms with Gasteiger partial charge in [0.05, 0.1) is 47.4 Å². The molecule has 3 saturated heterocycles. The molecular formula is C71H100CoN15O19P. The summed E-state index contributed by atoms with van der Waals surface area (Å²) < 4.78 is 38.4. The Bertz CT molecular complexity index is 4390. The Labute approximate surface area is 628 Å². The van der Waals surface area contributed by atoms with Gasteiger partial charge in [-0.3, -0.25) is 71.9 Å². The number of phosphoric acid groups is 1. The number of allylic oxidation sites excluding steroid dienone is 6. The number of nitrogens with zero attached hydrogens (tertiary/aromatic N) is 7. The van der Waals surface area contributed by atoms with Crippen molar-refractivity contribution in [2.75, 3.05) is 13.2 Å². The SMILES string of the molecule is C/C1=C2/[N-]C([C@H](CC(N)=O)[C@@]2(C)CCC(=O)NCC(C)OP(=O)(O)O[C@H]2[C@@H](O)[C@@H](n3cnc4cc(C)c(C)cc43)O[C@@H]2CO)C2(C)N=C(/C(C)=C3N=C(/C=C4N=C1[C@@H](CCC(N)=O)C\4(C)C)[C@@H](CCC(N)=O)[C@]\3(C)CC(N)=O)[C@@H](CCC(N)=O)[C@]2(C)CC(N)=O.[CH2-]C1OC(n2ccc(=O)[nH]c2=O)[C@@H](O)[C@@H]1O.[Co+2]. The summed E-state index contributed by atoms with van der Waals surface area (Å²) in [6.07, 6.45) is -7.56. The Hall–Kier alpha value is -7.93. The number of nitrogens with two attached hydrogens (primary N) is 6. The summed E-state index contributed by atoms with van der Waals surface area (Å²) in [5.41, 5.74) is 35.5. The molecule has 0 saturated carbocycles. The number of primary amides is 6. The predicted octanol–water partition coefficient (Wildman–Crippen LogP) is 1.93. The van der Waals surface area contributed by atoms with Crippen LogP contribution >= 0.6 is 7.82 Å². The van der Waals surface area contributed by atoms with Gasteiger partial charge in [0.1, 0.15) is 24.4 Å². The van der Waals surface area contributed by atoms with Crippen LogP contribution in [-0.4, -0.2) is 170 Å². The molecule has 19 atom stereocenters. The van der Waals surface area contributed by atoms with Crippen molar-refractivity contribution in [1.82, 2.24) is 24.4 Å². The topological polar surface area (TPSA) is 567 Å². The largest absolute Gasteiger partial charge is 2.00 e. The van der Waals surface area contributed by atoms with Gasteiger partial charge in [-0.2, -0.15) is 5.70 Å². The summed E-state index contributed by atoms with van der Waals surface area (Å²) >= 11 is 0. The third-order valence-electron chi connectivity index (χ3n) is 23.0. The van der Waals surface area contributed by atoms with Crippen molar-refractivity contribution in [2.45, 2.75) is 214 Å². The van der Waals surface area contributed by atoms with Crippen LogP contribution in [-0.2, 0) is 73.4 Å². The number of carbonyl (C=O) groups is 7. The Balaban J connectivity index is 0.000000746. The second-order valence-corrected chi connectivity index (χ2v) is 31.9. The fourth-order valence-corrected chi connectivity index (χ4v) is 18.1. The zero-order valence-electron chi connectivity index (χ0n) is 61.8. The van der Waals surface area contributed by atoms with E-state index < -0.39 is 179 Å². The van der Waals surface area contributed by atoms with Crippen LogP contribution in [0.3, 0.4) is 0 Å². The Kier molecular flexibility index (Phi) is 25.6. The third kappa shape index (κ3) is 16.8. The second-order valence-electron chi connectivity index (χ2n) is 30.6. The minimum absolute atomic E-state index is 0. The molecule has 7 amide bonds. The van der Waals surface area contributed by atoms with E-state index in [2.05, 4.69) is 17.2 Å². The number of benzene rings is 1. The monoisotopic (exact) mass is 1560 g/mol. The standard InChI is InChI=1S/C62H90N13O14P.C9H11N2O5.Co/c1-29-20-39-40(21-30(29)2)75(28-70-39)57-52(84)53(41(27-76)87-57)89-90(85,86)88-31(3)26-69-49(83)18-19-59(8)37(22-46(66)80)56-62(11)61(10,25-48(68)82)36(14-17-45(65)79)51(74-62)33(5)55-60(9,24-47(67)81)34(12-15-43(63)77)38(71-55)23-42-58(6,7)35(13-16-44(64)78)50(72-42)32(4)54(59)73-56;1-4-6(13)7(14)8(16-4)11-3-2-5(12)10-9(11)15;/h20-21,23,28,31,34-37,41,52-53,56-57,76,84H,12-19,22,24-27H2,1-11H3,(H15,63,64,65,66,67,68,69,71,72,73,74,77,78,79,80,81,82,83,85,86);2-4,6-8,13-14H,1H2,(H,10,12,15);/q;-1;+2/p-1/t31?,34-,35-,36-,37+,41-,52-,53-,56?,57+,59-,60+,61+,62?;4?,6-,7+,8?;/m11./s1. The first kappa shape index (κ1) is 84.7. The van der Waals surface area contributed by atoms with E-state index in [-0.39, 0.29) is 94.0 Å². The number of aliphatic imine (C=N–C) groups is 3. The smallest absolute Gasteiger partial charge is 0.682 e. The summed E-state index contributed by atoms with van der Waals surface area (Å²) in [5, 5.41) is 49.2. The number of amides is 7. The maximum Gasteiger partial charge on any atom is 2.00 e. The molecule has 7 aliphatic heterocycles. The number of rotatable bonds is 27. The number of aromatic nitrogens is 4. The molecule has 0 aliphatic carbocycles. The minimum atomic E-state index is -5.07. The number of aromatic amines is 1. The summed E-state index contributed by atoms with van der Waals surface area (Å²) in [6.45, 7) is 22.6. The van der Waals surface area contributed by atoms with E-state index in [1.54, 1.807) is 11.5 Å². The number of H-pyrrole nitrogens is 1. The minimum Gasteiger partial charge on any atom is -0.682 e. The molecule has 3 aromatic rings. The van der Waals surface area contributed by atoms with Crippen LogP contribution in [0.1, 0.15) is 157 Å². The van der Waals surface area contributed by atoms with Gasteiger partial charge in [0.2, 0.25) is 41.4 Å². The first-order valence-corrected chi connectivity index (χ1v) is 36.7. The molecule has 7 aliphatic rings. The molecule has 8 bridgehead atoms. The van der Waals surface area contributed by atoms with Crippen LogP contribution in [0, 0.1) is 66.1 Å². The number of phosphoric ester groups is 1. The summed E-state index contributed by atoms with van der Waals surface area (Å²) in [7, 11) is -5.07. The van der Waals surface area contributed by atoms with Crippen molar-refractivity contribution in [3.63, 3.8) is 0 Å². The summed E-state index contributed by atoms with van der Waals surface area (Å²) in [5.74, 6) is -7.34. The Morgan fingerprint density at radius 1 is 0.757 bits per heavy atom. The van der Waals surface area contributed by atoms with Crippen LogP contribution < -0.4 is 51.0 Å². The number of aliphatic hydroxyl groups excluding tert-OH is 4. The fourth-order valence-electron chi connectivity index (χ4n) is 16.9. The van der Waals surface area contributed by atoms with Crippen molar-refractivity contribution in [1.29, 1.82) is 0 Å². The van der Waals surface area contributed by atoms with E-state index in [0.29, 0.717) is 56.4 Å². The molecule has 2 aromatic heterocycles. The Morgan fingerprint density at radius 3 is 1.93 bits per heavy atom. The molecule has 0 spiro atoms. The molecule has 19 N–H and O–H groups in total. The van der Waals surface area contributed by atoms with Gasteiger partial charge in [-0.05, 0) is 125 Å². The van der Waals surface area contributed by atoms with Gasteiger partial charge < -0.3 is 91.3 Å². The van der Waals surface area contributed by atoms with E-state index in [0.717, 1.165) is 21.8 Å². The van der Waals surface area contributed by atoms with Crippen molar-refractivity contribution < 1.29 is 98.7 Å². The Morgan fingerprint density at radius 2 is 1.36 bits per heavy atom. The molecule has 6 unspecified atom stereocenters. The van der Waals surface area contributed by atoms with E-state index in [4.69, 9.17) is 73.2 Å². The number of nitrogens with one attached hydrogen (secondary N) is 2. The van der Waals surface area contributed by atoms with Gasteiger partial charge in [-0.15, -0.1) is 0 Å². The average molecular weight is 1560 g/mol. The normalized spacial score (nSPS) is 33.9. The van der Waals surface area contributed by atoms with Gasteiger partial charge in [-0.1, -0.05) is 40.7 Å². The van der Waals surface area contributed by atoms with E-state index in [9.17, 15) is 73.0 Å². The zero-order valence-corrected chi connectivity index (χ0v) is 63.7. The number of ether oxygens (including phenoxy) is 2. The van der Waals surface area contributed by atoms with Crippen LogP contribution in [0.5, 0.6) is 0 Å². The van der Waals surface area contributed by atoms with E-state index >= 15 is 0 Å². The van der Waals surface area contributed by atoms with Crippen molar-refractivity contribution in [3.8, 4) is 0 Å². The first-order valence-electron chi connectivity index (χ1n) is 35.2. The molecule has 3 fully saturated rings. The predicted molar refractivity (Wildman–Crippen MR) is 386 cm³/mol. The number of imidazole rings is 1. The number of aliphatic hydroxyl groups is 4. The number of fused-ring (bicyclic) bond motifs is 7. The van der Waals surface area contributed by atoms with Gasteiger partial charge in [-0.25, -0.2) is 14.3 Å². The molecule has 107 heavy (non-hydrogen) atoms. The number of carbonyl (C=O) groups excluding carboxylic acids is 7. The first-order chi connectivity index (χ1) is 49.3. The van der Waals surface area contributed by atoms with Gasteiger partial charge in [0.15, 0.2) is 12.5 Å². The van der Waals surface area contributed by atoms with Gasteiger partial charge in [0.25, 0.3) is 5.56 Å². The molecule has 1 radical (unpaired) electrons. The zero-order chi connectivity index (χ0) is 78.6. The number of hydrogen-bond acceptors (Lipinski definition) is 22. The van der Waals surface area contributed by atoms with Gasteiger partial charge >= 0.3 is 30.3 Å². The van der Waals surface area contributed by atoms with Crippen LogP contribution in [0.2, 0.25) is 0 Å². The van der Waals surface area contributed by atoms with Crippen LogP contribution in [0.4, 0.5) is 0 Å². The fraction of sp³-hybridized carbons (Fsp3) is 0.606.